The van der Waals surface area contributed by atoms with Crippen molar-refractivity contribution >= 4 is 5.69 Å². The average Bonchev–Trinajstić information content (AvgIpc) is 2.83. The highest BCUT2D eigenvalue weighted by atomic mass is 16.3. The molecule has 0 aliphatic carbocycles. The summed E-state index contributed by atoms with van der Waals surface area (Å²) in [4.78, 5) is 6.37. The standard InChI is InChI=1S/C14H21N5O/c1-18(7-5-13-4-2-3-6-16-13)10-14(20)11-19-9-12(15)8-17-19/h2-4,6,8-9,14,20H,5,7,10-11,15H2,1H3. The Kier molecular flexibility index (Phi) is 5.09. The molecule has 0 aliphatic rings. The molecule has 2 heterocycles. The summed E-state index contributed by atoms with van der Waals surface area (Å²) in [7, 11) is 1.99. The number of rotatable bonds is 7. The molecule has 0 saturated carbocycles. The van der Waals surface area contributed by atoms with Crippen LogP contribution in [0.1, 0.15) is 5.69 Å². The maximum atomic E-state index is 10.0. The van der Waals surface area contributed by atoms with Crippen molar-refractivity contribution in [3.8, 4) is 0 Å². The second-order valence-corrected chi connectivity index (χ2v) is 4.98. The SMILES string of the molecule is CN(CCc1ccccn1)CC(O)Cn1cc(N)cn1. The van der Waals surface area contributed by atoms with Crippen LogP contribution in [0.25, 0.3) is 0 Å². The van der Waals surface area contributed by atoms with Crippen LogP contribution in [0.5, 0.6) is 0 Å². The van der Waals surface area contributed by atoms with E-state index in [-0.39, 0.29) is 0 Å². The fourth-order valence-electron chi connectivity index (χ4n) is 2.06. The van der Waals surface area contributed by atoms with E-state index in [1.807, 2.05) is 25.2 Å². The molecule has 0 saturated heterocycles. The number of hydrogen-bond acceptors (Lipinski definition) is 5. The molecule has 108 valence electrons. The first kappa shape index (κ1) is 14.5. The van der Waals surface area contributed by atoms with Gasteiger partial charge in [0.05, 0.1) is 24.5 Å². The molecule has 6 nitrogen and oxygen atoms in total. The van der Waals surface area contributed by atoms with Crippen LogP contribution >= 0.6 is 0 Å². The highest BCUT2D eigenvalue weighted by Crippen LogP contribution is 2.01. The molecule has 0 bridgehead atoms. The molecule has 3 N–H and O–H groups in total. The lowest BCUT2D eigenvalue weighted by atomic mass is 10.2. The van der Waals surface area contributed by atoms with Crippen LogP contribution in [0.3, 0.4) is 0 Å². The van der Waals surface area contributed by atoms with Crippen LogP contribution in [0, 0.1) is 0 Å². The molecule has 0 spiro atoms. The monoisotopic (exact) mass is 275 g/mol. The lowest BCUT2D eigenvalue weighted by Gasteiger charge is -2.20. The molecule has 1 unspecified atom stereocenters. The van der Waals surface area contributed by atoms with Gasteiger partial charge in [0.15, 0.2) is 0 Å². The van der Waals surface area contributed by atoms with Gasteiger partial charge in [-0.25, -0.2) is 0 Å². The number of aromatic nitrogens is 3. The minimum Gasteiger partial charge on any atom is -0.396 e. The summed E-state index contributed by atoms with van der Waals surface area (Å²) >= 11 is 0. The normalized spacial score (nSPS) is 12.8. The van der Waals surface area contributed by atoms with Crippen LogP contribution in [-0.4, -0.2) is 51.0 Å². The highest BCUT2D eigenvalue weighted by Gasteiger charge is 2.10. The molecule has 20 heavy (non-hydrogen) atoms. The molecular formula is C14H21N5O. The maximum absolute atomic E-state index is 10.0. The summed E-state index contributed by atoms with van der Waals surface area (Å²) in [6.45, 7) is 1.90. The molecular weight excluding hydrogens is 254 g/mol. The van der Waals surface area contributed by atoms with Gasteiger partial charge >= 0.3 is 0 Å². The van der Waals surface area contributed by atoms with E-state index in [0.29, 0.717) is 18.8 Å². The smallest absolute Gasteiger partial charge is 0.0862 e. The van der Waals surface area contributed by atoms with Gasteiger partial charge < -0.3 is 15.7 Å². The van der Waals surface area contributed by atoms with E-state index in [1.165, 1.54) is 0 Å². The summed E-state index contributed by atoms with van der Waals surface area (Å²) in [6.07, 6.45) is 5.50. The first-order valence-corrected chi connectivity index (χ1v) is 6.68. The van der Waals surface area contributed by atoms with E-state index in [9.17, 15) is 5.11 Å². The Bertz CT molecular complexity index is 513. The van der Waals surface area contributed by atoms with Gasteiger partial charge in [-0.1, -0.05) is 6.07 Å². The maximum Gasteiger partial charge on any atom is 0.0862 e. The number of nitrogen functional groups attached to an aromatic ring is 1. The number of anilines is 1. The second-order valence-electron chi connectivity index (χ2n) is 4.98. The van der Waals surface area contributed by atoms with Crippen molar-refractivity contribution in [1.29, 1.82) is 0 Å². The summed E-state index contributed by atoms with van der Waals surface area (Å²) < 4.78 is 1.66. The fraction of sp³-hybridized carbons (Fsp3) is 0.429. The van der Waals surface area contributed by atoms with E-state index in [2.05, 4.69) is 15.0 Å². The lowest BCUT2D eigenvalue weighted by molar-refractivity contribution is 0.107. The van der Waals surface area contributed by atoms with E-state index >= 15 is 0 Å². The van der Waals surface area contributed by atoms with Crippen molar-refractivity contribution in [2.24, 2.45) is 0 Å². The second kappa shape index (κ2) is 7.02. The van der Waals surface area contributed by atoms with Crippen molar-refractivity contribution in [3.63, 3.8) is 0 Å². The van der Waals surface area contributed by atoms with Gasteiger partial charge in [0.2, 0.25) is 0 Å². The fourth-order valence-corrected chi connectivity index (χ4v) is 2.06. The van der Waals surface area contributed by atoms with Gasteiger partial charge in [-0.2, -0.15) is 5.10 Å². The first-order valence-electron chi connectivity index (χ1n) is 6.68. The van der Waals surface area contributed by atoms with Gasteiger partial charge in [0.25, 0.3) is 0 Å². The van der Waals surface area contributed by atoms with Gasteiger partial charge in [-0.3, -0.25) is 9.67 Å². The summed E-state index contributed by atoms with van der Waals surface area (Å²) in [5.74, 6) is 0. The molecule has 0 radical (unpaired) electrons. The minimum atomic E-state index is -0.469. The zero-order valence-electron chi connectivity index (χ0n) is 11.7. The third-order valence-electron chi connectivity index (χ3n) is 3.05. The topological polar surface area (TPSA) is 80.2 Å². The lowest BCUT2D eigenvalue weighted by Crippen LogP contribution is -2.33. The Morgan fingerprint density at radius 3 is 2.95 bits per heavy atom. The van der Waals surface area contributed by atoms with Crippen molar-refractivity contribution in [3.05, 3.63) is 42.5 Å². The predicted octanol–water partition coefficient (Wildman–Crippen LogP) is 0.396. The van der Waals surface area contributed by atoms with Crippen LogP contribution in [-0.2, 0) is 13.0 Å². The Morgan fingerprint density at radius 2 is 2.30 bits per heavy atom. The van der Waals surface area contributed by atoms with Crippen LogP contribution < -0.4 is 5.73 Å². The van der Waals surface area contributed by atoms with Crippen molar-refractivity contribution < 1.29 is 5.11 Å². The number of pyridine rings is 1. The van der Waals surface area contributed by atoms with Gasteiger partial charge in [-0.05, 0) is 19.2 Å². The Balaban J connectivity index is 1.72. The van der Waals surface area contributed by atoms with Crippen LogP contribution in [0.4, 0.5) is 5.69 Å². The molecule has 6 heteroatoms. The molecule has 2 rings (SSSR count). The molecule has 0 aliphatic heterocycles. The quantitative estimate of drug-likeness (QED) is 0.764. The largest absolute Gasteiger partial charge is 0.396 e. The van der Waals surface area contributed by atoms with E-state index in [0.717, 1.165) is 18.7 Å². The Morgan fingerprint density at radius 1 is 1.45 bits per heavy atom. The number of aliphatic hydroxyl groups excluding tert-OH is 1. The third-order valence-corrected chi connectivity index (χ3v) is 3.05. The number of nitrogens with two attached hydrogens (primary N) is 1. The first-order chi connectivity index (χ1) is 9.63. The van der Waals surface area contributed by atoms with Crippen molar-refractivity contribution in [2.75, 3.05) is 25.9 Å². The Labute approximate surface area is 118 Å². The van der Waals surface area contributed by atoms with Gasteiger partial charge in [-0.15, -0.1) is 0 Å². The van der Waals surface area contributed by atoms with E-state index in [4.69, 9.17) is 5.73 Å². The van der Waals surface area contributed by atoms with Crippen LogP contribution in [0.15, 0.2) is 36.8 Å². The van der Waals surface area contributed by atoms with E-state index in [1.54, 1.807) is 23.3 Å². The summed E-state index contributed by atoms with van der Waals surface area (Å²) in [5.41, 5.74) is 7.26. The van der Waals surface area contributed by atoms with Gasteiger partial charge in [0.1, 0.15) is 0 Å². The molecule has 2 aromatic heterocycles. The minimum absolute atomic E-state index is 0.450. The zero-order chi connectivity index (χ0) is 14.4. The Hall–Kier alpha value is -1.92. The third kappa shape index (κ3) is 4.64. The van der Waals surface area contributed by atoms with Crippen LogP contribution in [0.2, 0.25) is 0 Å². The molecule has 0 fully saturated rings. The molecule has 0 aromatic carbocycles. The number of aliphatic hydroxyl groups is 1. The number of likely N-dealkylation sites (N-methyl/N-ethyl adjacent to an activating group) is 1. The van der Waals surface area contributed by atoms with Crippen molar-refractivity contribution in [2.45, 2.75) is 19.1 Å². The van der Waals surface area contributed by atoms with E-state index < -0.39 is 6.10 Å². The molecule has 1 atom stereocenters. The number of nitrogens with zero attached hydrogens (tertiary/aromatic N) is 4. The van der Waals surface area contributed by atoms with Gasteiger partial charge in [0, 0.05) is 37.6 Å². The average molecular weight is 275 g/mol. The molecule has 0 amide bonds. The summed E-state index contributed by atoms with van der Waals surface area (Å²) in [5, 5.41) is 14.1. The zero-order valence-corrected chi connectivity index (χ0v) is 11.7. The highest BCUT2D eigenvalue weighted by molar-refractivity contribution is 5.30. The van der Waals surface area contributed by atoms with Crippen molar-refractivity contribution in [1.82, 2.24) is 19.7 Å². The number of hydrogen-bond donors (Lipinski definition) is 2. The molecule has 2 aromatic rings. The summed E-state index contributed by atoms with van der Waals surface area (Å²) in [6, 6.07) is 5.91. The predicted molar refractivity (Wildman–Crippen MR) is 78.1 cm³/mol.